The van der Waals surface area contributed by atoms with Crippen LogP contribution in [0.5, 0.6) is 0 Å². The summed E-state index contributed by atoms with van der Waals surface area (Å²) >= 11 is 0. The summed E-state index contributed by atoms with van der Waals surface area (Å²) in [5.74, 6) is 0. The van der Waals surface area contributed by atoms with Crippen molar-refractivity contribution < 1.29 is 9.85 Å². The molecule has 0 heterocycles. The number of benzene rings is 1. The van der Waals surface area contributed by atoms with Gasteiger partial charge in [-0.05, 0) is 31.9 Å². The highest BCUT2D eigenvalue weighted by molar-refractivity contribution is 5.95. The van der Waals surface area contributed by atoms with Gasteiger partial charge in [0.2, 0.25) is 0 Å². The van der Waals surface area contributed by atoms with Crippen LogP contribution in [0.1, 0.15) is 33.1 Å². The molecule has 22 heavy (non-hydrogen) atoms. The maximum Gasteiger partial charge on any atom is 0.301 e. The Morgan fingerprint density at radius 2 is 2.05 bits per heavy atom. The maximum atomic E-state index is 11.0. The van der Waals surface area contributed by atoms with Gasteiger partial charge in [-0.15, -0.1) is 0 Å². The first-order valence-corrected chi connectivity index (χ1v) is 6.87. The van der Waals surface area contributed by atoms with Gasteiger partial charge in [0.05, 0.1) is 21.6 Å². The molecule has 0 radical (unpaired) electrons. The summed E-state index contributed by atoms with van der Waals surface area (Å²) in [4.78, 5) is 20.4. The molecule has 0 aliphatic carbocycles. The van der Waals surface area contributed by atoms with Crippen LogP contribution in [-0.4, -0.2) is 15.6 Å². The minimum absolute atomic E-state index is 0.120. The first kappa shape index (κ1) is 17.3. The molecule has 0 bridgehead atoms. The van der Waals surface area contributed by atoms with E-state index >= 15 is 0 Å². The van der Waals surface area contributed by atoms with Crippen molar-refractivity contribution in [1.82, 2.24) is 0 Å². The van der Waals surface area contributed by atoms with E-state index in [1.165, 1.54) is 12.1 Å². The molecule has 118 valence electrons. The number of nitrogens with one attached hydrogen (secondary N) is 1. The Morgan fingerprint density at radius 1 is 1.32 bits per heavy atom. The molecule has 1 N–H and O–H groups in total. The van der Waals surface area contributed by atoms with E-state index in [2.05, 4.69) is 17.5 Å². The van der Waals surface area contributed by atoms with E-state index in [0.717, 1.165) is 31.0 Å². The predicted octanol–water partition coefficient (Wildman–Crippen LogP) is 4.04. The Bertz CT molecular complexity index is 611. The van der Waals surface area contributed by atoms with Crippen LogP contribution in [0.3, 0.4) is 0 Å². The topological polar surface area (TPSA) is 111 Å². The molecule has 0 saturated heterocycles. The molecule has 8 heteroatoms. The number of nitro benzene ring substituents is 2. The summed E-state index contributed by atoms with van der Waals surface area (Å²) in [7, 11) is 0. The number of nitrogens with zero attached hydrogens (tertiary/aromatic N) is 3. The van der Waals surface area contributed by atoms with Crippen molar-refractivity contribution in [3.8, 4) is 0 Å². The second-order valence-corrected chi connectivity index (χ2v) is 4.53. The molecule has 0 aliphatic heterocycles. The van der Waals surface area contributed by atoms with E-state index < -0.39 is 9.85 Å². The summed E-state index contributed by atoms with van der Waals surface area (Å²) in [6.07, 6.45) is 6.36. The highest BCUT2D eigenvalue weighted by atomic mass is 16.6. The lowest BCUT2D eigenvalue weighted by atomic mass is 10.1. The van der Waals surface area contributed by atoms with E-state index in [1.807, 2.05) is 19.1 Å². The van der Waals surface area contributed by atoms with Crippen molar-refractivity contribution >= 4 is 22.8 Å². The fraction of sp³-hybridized carbons (Fsp3) is 0.357. The smallest absolute Gasteiger partial charge is 0.271 e. The molecular weight excluding hydrogens is 288 g/mol. The zero-order chi connectivity index (χ0) is 16.5. The number of hydrogen-bond acceptors (Lipinski definition) is 6. The van der Waals surface area contributed by atoms with Crippen molar-refractivity contribution in [3.05, 3.63) is 50.6 Å². The first-order valence-electron chi connectivity index (χ1n) is 6.87. The molecule has 0 saturated carbocycles. The largest absolute Gasteiger partial charge is 0.301 e. The molecule has 1 rings (SSSR count). The SMILES string of the molecule is CC=CC(CCCC)=NNc1ccc([N+](=O)[O-])cc1[N+](=O)[O-]. The van der Waals surface area contributed by atoms with E-state index in [-0.39, 0.29) is 17.1 Å². The average molecular weight is 306 g/mol. The number of nitro groups is 2. The third-order valence-corrected chi connectivity index (χ3v) is 2.85. The molecule has 0 amide bonds. The molecular formula is C14H18N4O4. The van der Waals surface area contributed by atoms with Gasteiger partial charge in [-0.25, -0.2) is 0 Å². The first-order chi connectivity index (χ1) is 10.5. The fourth-order valence-electron chi connectivity index (χ4n) is 1.74. The minimum atomic E-state index is -0.674. The zero-order valence-electron chi connectivity index (χ0n) is 12.5. The van der Waals surface area contributed by atoms with Gasteiger partial charge in [0.15, 0.2) is 0 Å². The quantitative estimate of drug-likeness (QED) is 0.442. The molecule has 0 spiro atoms. The lowest BCUT2D eigenvalue weighted by Gasteiger charge is -2.04. The van der Waals surface area contributed by atoms with Gasteiger partial charge in [-0.2, -0.15) is 5.10 Å². The Hall–Kier alpha value is -2.77. The van der Waals surface area contributed by atoms with Crippen molar-refractivity contribution in [2.24, 2.45) is 5.10 Å². The number of anilines is 1. The number of hydrazone groups is 1. The lowest BCUT2D eigenvalue weighted by Crippen LogP contribution is -2.02. The minimum Gasteiger partial charge on any atom is -0.271 e. The maximum absolute atomic E-state index is 11.0. The summed E-state index contributed by atoms with van der Waals surface area (Å²) in [5, 5.41) is 25.8. The Balaban J connectivity index is 3.05. The Morgan fingerprint density at radius 3 is 2.59 bits per heavy atom. The molecule has 8 nitrogen and oxygen atoms in total. The number of hydrogen-bond donors (Lipinski definition) is 1. The molecule has 0 aliphatic rings. The van der Waals surface area contributed by atoms with Gasteiger partial charge < -0.3 is 0 Å². The average Bonchev–Trinajstić information content (AvgIpc) is 2.49. The standard InChI is InChI=1S/C14H18N4O4/c1-3-5-7-11(6-4-2)15-16-13-9-8-12(17(19)20)10-14(13)18(21)22/h4,6,8-10,16H,3,5,7H2,1-2H3. The van der Waals surface area contributed by atoms with Gasteiger partial charge in [-0.3, -0.25) is 25.7 Å². The van der Waals surface area contributed by atoms with Crippen molar-refractivity contribution in [3.63, 3.8) is 0 Å². The van der Waals surface area contributed by atoms with Gasteiger partial charge in [0.25, 0.3) is 5.69 Å². The van der Waals surface area contributed by atoms with Crippen LogP contribution in [-0.2, 0) is 0 Å². The predicted molar refractivity (Wildman–Crippen MR) is 85.1 cm³/mol. The van der Waals surface area contributed by atoms with Crippen LogP contribution < -0.4 is 5.43 Å². The van der Waals surface area contributed by atoms with Crippen LogP contribution in [0, 0.1) is 20.2 Å². The number of allylic oxidation sites excluding steroid dienone is 2. The van der Waals surface area contributed by atoms with Crippen LogP contribution in [0.15, 0.2) is 35.5 Å². The van der Waals surface area contributed by atoms with Gasteiger partial charge >= 0.3 is 5.69 Å². The molecule has 1 aromatic rings. The molecule has 0 unspecified atom stereocenters. The van der Waals surface area contributed by atoms with Crippen molar-refractivity contribution in [1.29, 1.82) is 0 Å². The van der Waals surface area contributed by atoms with E-state index in [1.54, 1.807) is 0 Å². The van der Waals surface area contributed by atoms with Crippen molar-refractivity contribution in [2.75, 3.05) is 5.43 Å². The van der Waals surface area contributed by atoms with Crippen molar-refractivity contribution in [2.45, 2.75) is 33.1 Å². The normalized spacial score (nSPS) is 11.6. The van der Waals surface area contributed by atoms with E-state index in [9.17, 15) is 20.2 Å². The molecule has 0 atom stereocenters. The number of rotatable bonds is 8. The van der Waals surface area contributed by atoms with Crippen LogP contribution in [0.4, 0.5) is 17.1 Å². The van der Waals surface area contributed by atoms with E-state index in [0.29, 0.717) is 0 Å². The second kappa shape index (κ2) is 8.50. The van der Waals surface area contributed by atoms with Crippen LogP contribution >= 0.6 is 0 Å². The molecule has 0 aromatic heterocycles. The van der Waals surface area contributed by atoms with Crippen LogP contribution in [0.25, 0.3) is 0 Å². The highest BCUT2D eigenvalue weighted by Gasteiger charge is 2.19. The third-order valence-electron chi connectivity index (χ3n) is 2.85. The molecule has 0 fully saturated rings. The lowest BCUT2D eigenvalue weighted by molar-refractivity contribution is -0.393. The van der Waals surface area contributed by atoms with Gasteiger partial charge in [0.1, 0.15) is 5.69 Å². The Labute approximate surface area is 127 Å². The van der Waals surface area contributed by atoms with Gasteiger partial charge in [-0.1, -0.05) is 19.4 Å². The second-order valence-electron chi connectivity index (χ2n) is 4.53. The Kier molecular flexibility index (Phi) is 6.68. The summed E-state index contributed by atoms with van der Waals surface area (Å²) in [6.45, 7) is 3.91. The third kappa shape index (κ3) is 4.97. The molecule has 1 aromatic carbocycles. The summed E-state index contributed by atoms with van der Waals surface area (Å²) in [5.41, 5.74) is 2.79. The monoisotopic (exact) mass is 306 g/mol. The number of unbranched alkanes of at least 4 members (excludes halogenated alkanes) is 1. The fourth-order valence-corrected chi connectivity index (χ4v) is 1.74. The van der Waals surface area contributed by atoms with Gasteiger partial charge in [0, 0.05) is 6.07 Å². The summed E-state index contributed by atoms with van der Waals surface area (Å²) < 4.78 is 0. The zero-order valence-corrected chi connectivity index (χ0v) is 12.5. The number of non-ortho nitro benzene ring substituents is 1. The van der Waals surface area contributed by atoms with Crippen LogP contribution in [0.2, 0.25) is 0 Å². The summed E-state index contributed by atoms with van der Waals surface area (Å²) in [6, 6.07) is 3.40. The van der Waals surface area contributed by atoms with E-state index in [4.69, 9.17) is 0 Å². The highest BCUT2D eigenvalue weighted by Crippen LogP contribution is 2.28.